The van der Waals surface area contributed by atoms with E-state index in [1.54, 1.807) is 0 Å². The van der Waals surface area contributed by atoms with Crippen molar-refractivity contribution >= 4 is 5.78 Å². The zero-order chi connectivity index (χ0) is 22.7. The summed E-state index contributed by atoms with van der Waals surface area (Å²) in [6, 6.07) is 5.14. The number of benzene rings is 2. The number of ether oxygens (including phenoxy) is 1. The molecule has 164 valence electrons. The van der Waals surface area contributed by atoms with Crippen LogP contribution in [0.25, 0.3) is 0 Å². The van der Waals surface area contributed by atoms with Crippen molar-refractivity contribution in [1.29, 1.82) is 0 Å². The van der Waals surface area contributed by atoms with Crippen LogP contribution in [0.1, 0.15) is 61.0 Å². The fourth-order valence-corrected chi connectivity index (χ4v) is 3.71. The van der Waals surface area contributed by atoms with Crippen molar-refractivity contribution in [3.63, 3.8) is 0 Å². The molecule has 1 heterocycles. The fourth-order valence-electron chi connectivity index (χ4n) is 3.71. The van der Waals surface area contributed by atoms with E-state index in [1.807, 2.05) is 13.0 Å². The maximum absolute atomic E-state index is 13.2. The molecule has 0 fully saturated rings. The highest BCUT2D eigenvalue weighted by atomic mass is 16.5. The number of Topliss-reactive ketones (excluding diaryl/α,β-unsaturated/α-hetero) is 1. The van der Waals surface area contributed by atoms with Crippen molar-refractivity contribution in [2.75, 3.05) is 6.61 Å². The smallest absolute Gasteiger partial charge is 0.181 e. The third-order valence-electron chi connectivity index (χ3n) is 5.43. The van der Waals surface area contributed by atoms with Crippen LogP contribution in [0.2, 0.25) is 0 Å². The second-order valence-electron chi connectivity index (χ2n) is 8.14. The monoisotopic (exact) mass is 424 g/mol. The Morgan fingerprint density at radius 1 is 1.03 bits per heavy atom. The van der Waals surface area contributed by atoms with Crippen molar-refractivity contribution in [3.05, 3.63) is 64.3 Å². The summed E-state index contributed by atoms with van der Waals surface area (Å²) in [7, 11) is 0. The summed E-state index contributed by atoms with van der Waals surface area (Å²) in [6.07, 6.45) is 6.32. The van der Waals surface area contributed by atoms with Crippen molar-refractivity contribution in [2.24, 2.45) is 0 Å². The molecule has 1 aliphatic heterocycles. The van der Waals surface area contributed by atoms with Gasteiger partial charge in [0.2, 0.25) is 0 Å². The molecular weight excluding hydrogens is 396 g/mol. The molecule has 0 saturated heterocycles. The lowest BCUT2D eigenvalue weighted by Gasteiger charge is -2.27. The second-order valence-corrected chi connectivity index (χ2v) is 8.14. The van der Waals surface area contributed by atoms with Gasteiger partial charge in [0.1, 0.15) is 40.9 Å². The van der Waals surface area contributed by atoms with Gasteiger partial charge >= 0.3 is 0 Å². The molecule has 0 saturated carbocycles. The van der Waals surface area contributed by atoms with Gasteiger partial charge in [0.25, 0.3) is 0 Å². The number of ketones is 1. The first kappa shape index (κ1) is 22.3. The maximum atomic E-state index is 13.2. The number of hydrogen-bond donors (Lipinski definition) is 4. The summed E-state index contributed by atoms with van der Waals surface area (Å²) in [5, 5.41) is 40.4. The summed E-state index contributed by atoms with van der Waals surface area (Å²) in [6.45, 7) is 6.07. The first-order valence-corrected chi connectivity index (χ1v) is 10.2. The minimum atomic E-state index is -0.835. The van der Waals surface area contributed by atoms with Gasteiger partial charge in [-0.2, -0.15) is 0 Å². The van der Waals surface area contributed by atoms with Crippen LogP contribution in [-0.4, -0.2) is 32.8 Å². The van der Waals surface area contributed by atoms with E-state index in [0.717, 1.165) is 30.5 Å². The topological polar surface area (TPSA) is 107 Å². The summed E-state index contributed by atoms with van der Waals surface area (Å²) in [5.41, 5.74) is 3.15. The average molecular weight is 424 g/mol. The molecule has 4 N–H and O–H groups in total. The summed E-state index contributed by atoms with van der Waals surface area (Å²) < 4.78 is 5.83. The maximum Gasteiger partial charge on any atom is 0.181 e. The zero-order valence-electron chi connectivity index (χ0n) is 18.0. The SMILES string of the molecule is CC(C)=CCC/C(C)=C/Cc1c(O)cc(O)c2c1OC[C@H](c1ccc(O)cc1O)C2=O. The lowest BCUT2D eigenvalue weighted by molar-refractivity contribution is 0.0888. The first-order chi connectivity index (χ1) is 14.7. The third kappa shape index (κ3) is 4.85. The highest BCUT2D eigenvalue weighted by molar-refractivity contribution is 6.07. The van der Waals surface area contributed by atoms with Crippen molar-refractivity contribution in [3.8, 4) is 28.7 Å². The number of fused-ring (bicyclic) bond motifs is 1. The molecule has 2 aromatic carbocycles. The Morgan fingerprint density at radius 3 is 2.45 bits per heavy atom. The van der Waals surface area contributed by atoms with Gasteiger partial charge in [0.15, 0.2) is 5.78 Å². The molecule has 3 rings (SSSR count). The largest absolute Gasteiger partial charge is 0.508 e. The Kier molecular flexibility index (Phi) is 6.59. The molecule has 1 aliphatic rings. The molecule has 0 aromatic heterocycles. The van der Waals surface area contributed by atoms with E-state index in [-0.39, 0.29) is 40.9 Å². The average Bonchev–Trinajstić information content (AvgIpc) is 2.68. The van der Waals surface area contributed by atoms with Gasteiger partial charge in [-0.3, -0.25) is 4.79 Å². The highest BCUT2D eigenvalue weighted by Gasteiger charge is 2.36. The molecule has 31 heavy (non-hydrogen) atoms. The second kappa shape index (κ2) is 9.16. The lowest BCUT2D eigenvalue weighted by Crippen LogP contribution is -2.27. The molecule has 0 radical (unpaired) electrons. The van der Waals surface area contributed by atoms with Gasteiger partial charge in [0.05, 0.1) is 5.92 Å². The highest BCUT2D eigenvalue weighted by Crippen LogP contribution is 2.45. The minimum Gasteiger partial charge on any atom is -0.508 e. The fraction of sp³-hybridized carbons (Fsp3) is 0.320. The molecular formula is C25H28O6. The van der Waals surface area contributed by atoms with Crippen LogP contribution in [0.4, 0.5) is 0 Å². The van der Waals surface area contributed by atoms with E-state index in [9.17, 15) is 25.2 Å². The number of aromatic hydroxyl groups is 4. The Labute approximate surface area is 181 Å². The number of allylic oxidation sites excluding steroid dienone is 4. The molecule has 0 aliphatic carbocycles. The molecule has 0 unspecified atom stereocenters. The van der Waals surface area contributed by atoms with E-state index in [1.165, 1.54) is 17.7 Å². The van der Waals surface area contributed by atoms with E-state index in [4.69, 9.17) is 4.74 Å². The van der Waals surface area contributed by atoms with E-state index in [2.05, 4.69) is 19.9 Å². The Hall–Kier alpha value is -3.41. The normalized spacial score (nSPS) is 15.9. The van der Waals surface area contributed by atoms with Crippen molar-refractivity contribution in [2.45, 2.75) is 46.0 Å². The van der Waals surface area contributed by atoms with Crippen molar-refractivity contribution < 1.29 is 30.0 Å². The summed E-state index contributed by atoms with van der Waals surface area (Å²) in [5.74, 6) is -1.92. The zero-order valence-corrected chi connectivity index (χ0v) is 18.0. The van der Waals surface area contributed by atoms with Crippen LogP contribution in [0.3, 0.4) is 0 Å². The Morgan fingerprint density at radius 2 is 1.77 bits per heavy atom. The standard InChI is InChI=1S/C25H28O6/c1-14(2)5-4-6-15(3)7-9-18-21(28)12-22(29)23-24(30)19(13-31-25(18)23)17-10-8-16(26)11-20(17)27/h5,7-8,10-12,19,26-29H,4,6,9,13H2,1-3H3/b15-7+/t19-/m1/s1. The molecule has 6 nitrogen and oxygen atoms in total. The third-order valence-corrected chi connectivity index (χ3v) is 5.43. The van der Waals surface area contributed by atoms with Crippen LogP contribution < -0.4 is 4.74 Å². The number of carbonyl (C=O) groups excluding carboxylic acids is 1. The lowest BCUT2D eigenvalue weighted by atomic mass is 9.86. The Bertz CT molecular complexity index is 1060. The summed E-state index contributed by atoms with van der Waals surface area (Å²) in [4.78, 5) is 13.2. The number of phenols is 4. The van der Waals surface area contributed by atoms with Gasteiger partial charge in [-0.25, -0.2) is 0 Å². The van der Waals surface area contributed by atoms with Crippen LogP contribution in [0.5, 0.6) is 28.7 Å². The van der Waals surface area contributed by atoms with Crippen LogP contribution in [0.15, 0.2) is 47.6 Å². The van der Waals surface area contributed by atoms with Gasteiger partial charge in [-0.05, 0) is 46.1 Å². The molecule has 0 amide bonds. The van der Waals surface area contributed by atoms with E-state index in [0.29, 0.717) is 17.5 Å². The minimum absolute atomic E-state index is 0.00730. The van der Waals surface area contributed by atoms with E-state index >= 15 is 0 Å². The van der Waals surface area contributed by atoms with Crippen molar-refractivity contribution in [1.82, 2.24) is 0 Å². The molecule has 0 spiro atoms. The number of rotatable bonds is 6. The van der Waals surface area contributed by atoms with Gasteiger partial charge in [-0.15, -0.1) is 0 Å². The number of hydrogen-bond acceptors (Lipinski definition) is 6. The summed E-state index contributed by atoms with van der Waals surface area (Å²) >= 11 is 0. The Balaban J connectivity index is 1.91. The van der Waals surface area contributed by atoms with Gasteiger partial charge in [0, 0.05) is 23.3 Å². The molecule has 1 atom stereocenters. The molecule has 2 aromatic rings. The van der Waals surface area contributed by atoms with Gasteiger partial charge in [-0.1, -0.05) is 29.4 Å². The predicted octanol–water partition coefficient (Wildman–Crippen LogP) is 5.10. The van der Waals surface area contributed by atoms with Crippen LogP contribution in [-0.2, 0) is 6.42 Å². The number of phenolic OH excluding ortho intramolecular Hbond substituents is 4. The molecule has 6 heteroatoms. The van der Waals surface area contributed by atoms with Crippen LogP contribution in [0, 0.1) is 0 Å². The molecule has 0 bridgehead atoms. The first-order valence-electron chi connectivity index (χ1n) is 10.2. The van der Waals surface area contributed by atoms with E-state index < -0.39 is 11.7 Å². The van der Waals surface area contributed by atoms with Gasteiger partial charge < -0.3 is 25.2 Å². The number of carbonyl (C=O) groups is 1. The quantitative estimate of drug-likeness (QED) is 0.481. The van der Waals surface area contributed by atoms with Crippen LogP contribution >= 0.6 is 0 Å². The predicted molar refractivity (Wildman–Crippen MR) is 118 cm³/mol.